The highest BCUT2D eigenvalue weighted by Crippen LogP contribution is 2.36. The summed E-state index contributed by atoms with van der Waals surface area (Å²) in [6, 6.07) is 0. The summed E-state index contributed by atoms with van der Waals surface area (Å²) in [6.45, 7) is 10.5. The normalized spacial score (nSPS) is 14.5. The summed E-state index contributed by atoms with van der Waals surface area (Å²) in [6.07, 6.45) is 11.5. The summed E-state index contributed by atoms with van der Waals surface area (Å²) < 4.78 is 18.7. The number of thiol groups is 2. The Hall–Kier alpha value is 0.580. The molecule has 0 aliphatic carbocycles. The zero-order chi connectivity index (χ0) is 19.7. The van der Waals surface area contributed by atoms with E-state index in [9.17, 15) is 0 Å². The molecule has 0 rings (SSSR count). The monoisotopic (exact) mass is 408 g/mol. The van der Waals surface area contributed by atoms with Gasteiger partial charge in [-0.15, -0.1) is 0 Å². The SMILES string of the molecule is CCCCCCCCC(C(S)CS)C(OCCC)(OCCC)OCCC. The van der Waals surface area contributed by atoms with Gasteiger partial charge in [-0.2, -0.15) is 25.3 Å². The maximum Gasteiger partial charge on any atom is 0.286 e. The largest absolute Gasteiger partial charge is 0.327 e. The standard InChI is InChI=1S/C21H44O3S2/c1-5-9-10-11-12-13-14-19(20(26)18-25)21(22-15-6-2,23-16-7-3)24-17-8-4/h19-20,25-26H,5-18H2,1-4H3. The van der Waals surface area contributed by atoms with Crippen LogP contribution in [0.25, 0.3) is 0 Å². The van der Waals surface area contributed by atoms with Gasteiger partial charge in [0.2, 0.25) is 0 Å². The van der Waals surface area contributed by atoms with Crippen LogP contribution in [0, 0.1) is 5.92 Å². The molecule has 0 amide bonds. The van der Waals surface area contributed by atoms with Gasteiger partial charge in [0.25, 0.3) is 5.97 Å². The van der Waals surface area contributed by atoms with Gasteiger partial charge in [0, 0.05) is 11.0 Å². The lowest BCUT2D eigenvalue weighted by atomic mass is 9.94. The maximum atomic E-state index is 6.24. The number of unbranched alkanes of at least 4 members (excludes halogenated alkanes) is 5. The maximum absolute atomic E-state index is 6.24. The summed E-state index contributed by atoms with van der Waals surface area (Å²) in [7, 11) is 0. The summed E-state index contributed by atoms with van der Waals surface area (Å²) >= 11 is 9.33. The minimum atomic E-state index is -0.986. The molecular formula is C21H44O3S2. The molecule has 0 saturated carbocycles. The molecule has 26 heavy (non-hydrogen) atoms. The van der Waals surface area contributed by atoms with E-state index in [-0.39, 0.29) is 11.2 Å². The van der Waals surface area contributed by atoms with Crippen LogP contribution in [0.5, 0.6) is 0 Å². The third-order valence-corrected chi connectivity index (χ3v) is 5.72. The molecule has 0 aromatic carbocycles. The van der Waals surface area contributed by atoms with E-state index in [1.807, 2.05) is 0 Å². The Morgan fingerprint density at radius 2 is 1.15 bits per heavy atom. The molecule has 0 aromatic heterocycles. The molecule has 0 fully saturated rings. The van der Waals surface area contributed by atoms with Gasteiger partial charge < -0.3 is 14.2 Å². The lowest BCUT2D eigenvalue weighted by Crippen LogP contribution is -2.51. The molecule has 0 heterocycles. The Morgan fingerprint density at radius 3 is 1.58 bits per heavy atom. The molecule has 3 nitrogen and oxygen atoms in total. The van der Waals surface area contributed by atoms with Gasteiger partial charge in [-0.3, -0.25) is 0 Å². The molecule has 2 unspecified atom stereocenters. The van der Waals surface area contributed by atoms with Gasteiger partial charge in [0.15, 0.2) is 0 Å². The van der Waals surface area contributed by atoms with Gasteiger partial charge in [0.05, 0.1) is 25.7 Å². The van der Waals surface area contributed by atoms with Crippen LogP contribution in [-0.2, 0) is 14.2 Å². The molecule has 0 spiro atoms. The van der Waals surface area contributed by atoms with Crippen molar-refractivity contribution in [2.75, 3.05) is 25.6 Å². The van der Waals surface area contributed by atoms with E-state index < -0.39 is 5.97 Å². The van der Waals surface area contributed by atoms with Gasteiger partial charge in [0.1, 0.15) is 0 Å². The van der Waals surface area contributed by atoms with Crippen LogP contribution in [0.15, 0.2) is 0 Å². The van der Waals surface area contributed by atoms with Crippen LogP contribution >= 0.6 is 25.3 Å². The second-order valence-electron chi connectivity index (χ2n) is 7.06. The van der Waals surface area contributed by atoms with Crippen molar-refractivity contribution < 1.29 is 14.2 Å². The lowest BCUT2D eigenvalue weighted by molar-refractivity contribution is -0.405. The smallest absolute Gasteiger partial charge is 0.286 e. The van der Waals surface area contributed by atoms with Gasteiger partial charge >= 0.3 is 0 Å². The van der Waals surface area contributed by atoms with Gasteiger partial charge in [-0.05, 0) is 25.7 Å². The Balaban J connectivity index is 5.12. The van der Waals surface area contributed by atoms with Crippen molar-refractivity contribution in [1.29, 1.82) is 0 Å². The first-order valence-electron chi connectivity index (χ1n) is 10.8. The van der Waals surface area contributed by atoms with Gasteiger partial charge in [-0.25, -0.2) is 0 Å². The topological polar surface area (TPSA) is 27.7 Å². The molecule has 0 saturated heterocycles. The minimum Gasteiger partial charge on any atom is -0.327 e. The first-order chi connectivity index (χ1) is 12.6. The van der Waals surface area contributed by atoms with Crippen LogP contribution in [0.4, 0.5) is 0 Å². The van der Waals surface area contributed by atoms with E-state index in [0.29, 0.717) is 25.6 Å². The fourth-order valence-corrected chi connectivity index (χ4v) is 3.64. The van der Waals surface area contributed by atoms with E-state index >= 15 is 0 Å². The Morgan fingerprint density at radius 1 is 0.692 bits per heavy atom. The molecule has 0 aliphatic heterocycles. The van der Waals surface area contributed by atoms with Crippen molar-refractivity contribution >= 4 is 25.3 Å². The Labute approximate surface area is 174 Å². The van der Waals surface area contributed by atoms with Crippen LogP contribution in [0.3, 0.4) is 0 Å². The predicted octanol–water partition coefficient (Wildman–Crippen LogP) is 6.52. The zero-order valence-electron chi connectivity index (χ0n) is 17.7. The molecule has 0 aliphatic rings. The van der Waals surface area contributed by atoms with Crippen LogP contribution < -0.4 is 0 Å². The molecular weight excluding hydrogens is 364 g/mol. The van der Waals surface area contributed by atoms with Crippen molar-refractivity contribution in [3.63, 3.8) is 0 Å². The third-order valence-electron chi connectivity index (χ3n) is 4.50. The summed E-state index contributed by atoms with van der Waals surface area (Å²) in [5.74, 6) is -0.217. The average molecular weight is 409 g/mol. The van der Waals surface area contributed by atoms with E-state index in [0.717, 1.165) is 32.1 Å². The van der Waals surface area contributed by atoms with E-state index in [4.69, 9.17) is 26.8 Å². The molecule has 0 N–H and O–H groups in total. The highest BCUT2D eigenvalue weighted by Gasteiger charge is 2.45. The Kier molecular flexibility index (Phi) is 18.1. The second-order valence-corrected chi connectivity index (χ2v) is 8.09. The van der Waals surface area contributed by atoms with Crippen LogP contribution in [-0.4, -0.2) is 36.8 Å². The van der Waals surface area contributed by atoms with E-state index in [1.54, 1.807) is 0 Å². The number of rotatable bonds is 19. The molecule has 0 bridgehead atoms. The van der Waals surface area contributed by atoms with Crippen molar-refractivity contribution in [3.8, 4) is 0 Å². The third kappa shape index (κ3) is 10.8. The molecule has 2 atom stereocenters. The van der Waals surface area contributed by atoms with Crippen LogP contribution in [0.2, 0.25) is 0 Å². The molecule has 0 aromatic rings. The summed E-state index contributed by atoms with van der Waals surface area (Å²) in [5, 5.41) is 0.0829. The molecule has 158 valence electrons. The van der Waals surface area contributed by atoms with E-state index in [2.05, 4.69) is 40.3 Å². The Bertz CT molecular complexity index is 281. The highest BCUT2D eigenvalue weighted by molar-refractivity contribution is 7.84. The highest BCUT2D eigenvalue weighted by atomic mass is 32.1. The van der Waals surface area contributed by atoms with Crippen molar-refractivity contribution in [2.24, 2.45) is 5.92 Å². The quantitative estimate of drug-likeness (QED) is 0.145. The number of hydrogen-bond donors (Lipinski definition) is 2. The lowest BCUT2D eigenvalue weighted by Gasteiger charge is -2.41. The van der Waals surface area contributed by atoms with Crippen molar-refractivity contribution in [1.82, 2.24) is 0 Å². The minimum absolute atomic E-state index is 0.0826. The number of hydrogen-bond acceptors (Lipinski definition) is 5. The summed E-state index contributed by atoms with van der Waals surface area (Å²) in [5.41, 5.74) is 0. The molecule has 5 heteroatoms. The summed E-state index contributed by atoms with van der Waals surface area (Å²) in [4.78, 5) is 0. The van der Waals surface area contributed by atoms with Crippen molar-refractivity contribution in [2.45, 2.75) is 103 Å². The fourth-order valence-electron chi connectivity index (χ4n) is 3.06. The first kappa shape index (κ1) is 26.6. The molecule has 0 radical (unpaired) electrons. The average Bonchev–Trinajstić information content (AvgIpc) is 2.67. The zero-order valence-corrected chi connectivity index (χ0v) is 19.5. The van der Waals surface area contributed by atoms with Crippen LogP contribution in [0.1, 0.15) is 91.9 Å². The predicted molar refractivity (Wildman–Crippen MR) is 120 cm³/mol. The van der Waals surface area contributed by atoms with Gasteiger partial charge in [-0.1, -0.05) is 66.2 Å². The number of ether oxygens (including phenoxy) is 3. The second kappa shape index (κ2) is 17.7. The first-order valence-corrected chi connectivity index (χ1v) is 12.0. The fraction of sp³-hybridized carbons (Fsp3) is 1.00. The van der Waals surface area contributed by atoms with Crippen molar-refractivity contribution in [3.05, 3.63) is 0 Å². The van der Waals surface area contributed by atoms with E-state index in [1.165, 1.54) is 32.1 Å².